The molecule has 0 spiro atoms. The van der Waals surface area contributed by atoms with E-state index in [0.29, 0.717) is 18.2 Å². The molecule has 0 unspecified atom stereocenters. The normalized spacial score (nSPS) is 10.7. The van der Waals surface area contributed by atoms with Gasteiger partial charge in [0.1, 0.15) is 5.75 Å². The summed E-state index contributed by atoms with van der Waals surface area (Å²) in [6.45, 7) is 4.04. The van der Waals surface area contributed by atoms with Crippen molar-refractivity contribution in [2.24, 2.45) is 0 Å². The van der Waals surface area contributed by atoms with Gasteiger partial charge < -0.3 is 14.5 Å². The lowest BCUT2D eigenvalue weighted by atomic mass is 10.1. The number of aromatic nitrogens is 2. The van der Waals surface area contributed by atoms with Gasteiger partial charge in [-0.1, -0.05) is 19.1 Å². The van der Waals surface area contributed by atoms with E-state index in [1.807, 2.05) is 24.3 Å². The van der Waals surface area contributed by atoms with Crippen LogP contribution in [-0.4, -0.2) is 30.4 Å². The largest absolute Gasteiger partial charge is 0.497 e. The molecule has 1 aromatic carbocycles. The summed E-state index contributed by atoms with van der Waals surface area (Å²) in [6.07, 6.45) is 2.56. The molecule has 5 nitrogen and oxygen atoms in total. The topological polar surface area (TPSA) is 60.2 Å². The Balaban J connectivity index is 1.85. The number of benzene rings is 1. The highest BCUT2D eigenvalue weighted by Crippen LogP contribution is 2.14. The first-order chi connectivity index (χ1) is 9.81. The fourth-order valence-electron chi connectivity index (χ4n) is 1.88. The molecule has 0 atom stereocenters. The van der Waals surface area contributed by atoms with Gasteiger partial charge in [-0.25, -0.2) is 0 Å². The molecule has 0 aliphatic rings. The molecule has 0 radical (unpaired) electrons. The van der Waals surface area contributed by atoms with Crippen molar-refractivity contribution in [3.05, 3.63) is 41.6 Å². The van der Waals surface area contributed by atoms with Crippen molar-refractivity contribution in [3.8, 4) is 5.75 Å². The summed E-state index contributed by atoms with van der Waals surface area (Å²) in [6, 6.07) is 7.87. The predicted molar refractivity (Wildman–Crippen MR) is 77.0 cm³/mol. The Hall–Kier alpha value is -1.88. The fraction of sp³-hybridized carbons (Fsp3) is 0.467. The molecule has 108 valence electrons. The zero-order valence-electron chi connectivity index (χ0n) is 12.1. The molecular formula is C15H21N3O2. The Morgan fingerprint density at radius 1 is 1.10 bits per heavy atom. The molecule has 1 aromatic heterocycles. The molecule has 1 heterocycles. The smallest absolute Gasteiger partial charge is 0.220 e. The Morgan fingerprint density at radius 3 is 2.55 bits per heavy atom. The Kier molecular flexibility index (Phi) is 5.55. The highest BCUT2D eigenvalue weighted by molar-refractivity contribution is 5.28. The van der Waals surface area contributed by atoms with Gasteiger partial charge in [0.2, 0.25) is 11.8 Å². The second kappa shape index (κ2) is 7.65. The highest BCUT2D eigenvalue weighted by atomic mass is 16.5. The maximum atomic E-state index is 5.63. The zero-order chi connectivity index (χ0) is 14.2. The van der Waals surface area contributed by atoms with Crippen LogP contribution in [0.1, 0.15) is 30.7 Å². The predicted octanol–water partition coefficient (Wildman–Crippen LogP) is 2.21. The quantitative estimate of drug-likeness (QED) is 0.748. The molecule has 0 bridgehead atoms. The minimum absolute atomic E-state index is 0.652. The summed E-state index contributed by atoms with van der Waals surface area (Å²) in [4.78, 5) is 0. The molecule has 5 heteroatoms. The third-order valence-corrected chi connectivity index (χ3v) is 2.97. The highest BCUT2D eigenvalue weighted by Gasteiger charge is 2.06. The first kappa shape index (κ1) is 14.5. The molecule has 0 saturated heterocycles. The van der Waals surface area contributed by atoms with Gasteiger partial charge in [0, 0.05) is 13.0 Å². The van der Waals surface area contributed by atoms with Gasteiger partial charge in [-0.2, -0.15) is 0 Å². The Morgan fingerprint density at radius 2 is 1.85 bits per heavy atom. The maximum Gasteiger partial charge on any atom is 0.220 e. The van der Waals surface area contributed by atoms with E-state index in [1.54, 1.807) is 7.11 Å². The lowest BCUT2D eigenvalue weighted by molar-refractivity contribution is 0.414. The number of methoxy groups -OCH3 is 1. The van der Waals surface area contributed by atoms with Crippen LogP contribution in [0.4, 0.5) is 0 Å². The third kappa shape index (κ3) is 4.35. The molecule has 2 rings (SSSR count). The van der Waals surface area contributed by atoms with E-state index in [-0.39, 0.29) is 0 Å². The molecular weight excluding hydrogens is 254 g/mol. The summed E-state index contributed by atoms with van der Waals surface area (Å²) in [5, 5.41) is 11.5. The minimum Gasteiger partial charge on any atom is -0.497 e. The van der Waals surface area contributed by atoms with Gasteiger partial charge in [-0.3, -0.25) is 0 Å². The van der Waals surface area contributed by atoms with Crippen molar-refractivity contribution >= 4 is 0 Å². The maximum absolute atomic E-state index is 5.63. The number of nitrogens with zero attached hydrogens (tertiary/aromatic N) is 2. The molecule has 0 amide bonds. The van der Waals surface area contributed by atoms with Crippen molar-refractivity contribution in [1.82, 2.24) is 15.5 Å². The van der Waals surface area contributed by atoms with E-state index in [9.17, 15) is 0 Å². The lowest BCUT2D eigenvalue weighted by Gasteiger charge is -2.01. The second-order valence-corrected chi connectivity index (χ2v) is 4.61. The van der Waals surface area contributed by atoms with E-state index in [0.717, 1.165) is 37.2 Å². The second-order valence-electron chi connectivity index (χ2n) is 4.61. The Bertz CT molecular complexity index is 508. The minimum atomic E-state index is 0.652. The lowest BCUT2D eigenvalue weighted by Crippen LogP contribution is -2.17. The summed E-state index contributed by atoms with van der Waals surface area (Å²) in [5.74, 6) is 2.19. The van der Waals surface area contributed by atoms with E-state index in [2.05, 4.69) is 22.4 Å². The molecule has 20 heavy (non-hydrogen) atoms. The van der Waals surface area contributed by atoms with Gasteiger partial charge >= 0.3 is 0 Å². The van der Waals surface area contributed by atoms with Crippen molar-refractivity contribution in [3.63, 3.8) is 0 Å². The van der Waals surface area contributed by atoms with Crippen LogP contribution in [0.5, 0.6) is 5.75 Å². The van der Waals surface area contributed by atoms with E-state index in [4.69, 9.17) is 9.15 Å². The molecule has 1 N–H and O–H groups in total. The number of hydrogen-bond acceptors (Lipinski definition) is 5. The SMILES string of the molecule is CCCNCCc1nnc(Cc2ccc(OC)cc2)o1. The monoisotopic (exact) mass is 275 g/mol. The van der Waals surface area contributed by atoms with Crippen LogP contribution >= 0.6 is 0 Å². The van der Waals surface area contributed by atoms with Crippen molar-refractivity contribution in [1.29, 1.82) is 0 Å². The average Bonchev–Trinajstić information content (AvgIpc) is 2.92. The molecule has 0 fully saturated rings. The van der Waals surface area contributed by atoms with E-state index < -0.39 is 0 Å². The van der Waals surface area contributed by atoms with Crippen LogP contribution in [0.25, 0.3) is 0 Å². The van der Waals surface area contributed by atoms with Gasteiger partial charge in [0.25, 0.3) is 0 Å². The van der Waals surface area contributed by atoms with Crippen molar-refractivity contribution in [2.45, 2.75) is 26.2 Å². The van der Waals surface area contributed by atoms with Gasteiger partial charge in [0.15, 0.2) is 0 Å². The number of hydrogen-bond donors (Lipinski definition) is 1. The van der Waals surface area contributed by atoms with Crippen LogP contribution in [0.15, 0.2) is 28.7 Å². The summed E-state index contributed by atoms with van der Waals surface area (Å²) >= 11 is 0. The molecule has 0 saturated carbocycles. The van der Waals surface area contributed by atoms with Crippen LogP contribution in [0.3, 0.4) is 0 Å². The number of ether oxygens (including phenoxy) is 1. The Labute approximate surface area is 119 Å². The molecule has 2 aromatic rings. The van der Waals surface area contributed by atoms with Gasteiger partial charge in [-0.15, -0.1) is 10.2 Å². The van der Waals surface area contributed by atoms with Gasteiger partial charge in [0.05, 0.1) is 13.5 Å². The summed E-state index contributed by atoms with van der Waals surface area (Å²) < 4.78 is 10.8. The summed E-state index contributed by atoms with van der Waals surface area (Å²) in [7, 11) is 1.66. The van der Waals surface area contributed by atoms with Crippen molar-refractivity contribution < 1.29 is 9.15 Å². The first-order valence-electron chi connectivity index (χ1n) is 6.96. The zero-order valence-corrected chi connectivity index (χ0v) is 12.1. The molecule has 0 aliphatic heterocycles. The summed E-state index contributed by atoms with van der Waals surface area (Å²) in [5.41, 5.74) is 1.13. The fourth-order valence-corrected chi connectivity index (χ4v) is 1.88. The number of rotatable bonds is 8. The van der Waals surface area contributed by atoms with E-state index >= 15 is 0 Å². The van der Waals surface area contributed by atoms with Gasteiger partial charge in [-0.05, 0) is 30.7 Å². The average molecular weight is 275 g/mol. The van der Waals surface area contributed by atoms with Crippen LogP contribution in [0, 0.1) is 0 Å². The third-order valence-electron chi connectivity index (χ3n) is 2.97. The van der Waals surface area contributed by atoms with Crippen LogP contribution < -0.4 is 10.1 Å². The van der Waals surface area contributed by atoms with E-state index in [1.165, 1.54) is 0 Å². The van der Waals surface area contributed by atoms with Crippen molar-refractivity contribution in [2.75, 3.05) is 20.2 Å². The first-order valence-corrected chi connectivity index (χ1v) is 6.96. The molecule has 0 aliphatic carbocycles. The standard InChI is InChI=1S/C15H21N3O2/c1-3-9-16-10-8-14-17-18-15(20-14)11-12-4-6-13(19-2)7-5-12/h4-7,16H,3,8-11H2,1-2H3. The van der Waals surface area contributed by atoms with Crippen LogP contribution in [0.2, 0.25) is 0 Å². The van der Waals surface area contributed by atoms with Crippen LogP contribution in [-0.2, 0) is 12.8 Å². The number of nitrogens with one attached hydrogen (secondary N) is 1.